The van der Waals surface area contributed by atoms with Gasteiger partial charge in [0.2, 0.25) is 0 Å². The van der Waals surface area contributed by atoms with E-state index in [9.17, 15) is 0 Å². The predicted octanol–water partition coefficient (Wildman–Crippen LogP) is 6.36. The first-order valence-electron chi connectivity index (χ1n) is 7.56. The van der Waals surface area contributed by atoms with Crippen molar-refractivity contribution in [2.24, 2.45) is 0 Å². The molecule has 0 aromatic heterocycles. The molecule has 0 fully saturated rings. The topological polar surface area (TPSA) is 0 Å². The molecular formula is C21H22. The number of hydrogen-bond donors (Lipinski definition) is 0. The summed E-state index contributed by atoms with van der Waals surface area (Å²) < 4.78 is 0. The van der Waals surface area contributed by atoms with E-state index in [0.29, 0.717) is 0 Å². The smallest absolute Gasteiger partial charge is 0.0155 e. The fourth-order valence-electron chi connectivity index (χ4n) is 2.39. The number of benzene rings is 3. The molecule has 21 heavy (non-hydrogen) atoms. The molecule has 0 N–H and O–H groups in total. The fourth-order valence-corrected chi connectivity index (χ4v) is 2.39. The molecule has 0 spiro atoms. The first kappa shape index (κ1) is 15.1. The second-order valence-corrected chi connectivity index (χ2v) is 4.76. The zero-order chi connectivity index (χ0) is 15.1. The SMILES string of the molecule is CC.Cc1ccccc1-c1cccc(-c2ccccc2)c1. The van der Waals surface area contributed by atoms with Gasteiger partial charge in [0.1, 0.15) is 0 Å². The molecule has 3 rings (SSSR count). The first-order chi connectivity index (χ1) is 10.3. The van der Waals surface area contributed by atoms with E-state index in [1.54, 1.807) is 0 Å². The summed E-state index contributed by atoms with van der Waals surface area (Å²) in [6.45, 7) is 6.16. The van der Waals surface area contributed by atoms with E-state index in [1.165, 1.54) is 27.8 Å². The van der Waals surface area contributed by atoms with Crippen LogP contribution in [0.2, 0.25) is 0 Å². The lowest BCUT2D eigenvalue weighted by Crippen LogP contribution is -1.84. The van der Waals surface area contributed by atoms with Crippen molar-refractivity contribution in [3.63, 3.8) is 0 Å². The second-order valence-electron chi connectivity index (χ2n) is 4.76. The number of aryl methyl sites for hydroxylation is 1. The van der Waals surface area contributed by atoms with Crippen molar-refractivity contribution in [1.29, 1.82) is 0 Å². The highest BCUT2D eigenvalue weighted by Crippen LogP contribution is 2.28. The normalized spacial score (nSPS) is 9.67. The fraction of sp³-hybridized carbons (Fsp3) is 0.143. The minimum absolute atomic E-state index is 1.26. The largest absolute Gasteiger partial charge is 0.0683 e. The minimum atomic E-state index is 1.26. The summed E-state index contributed by atoms with van der Waals surface area (Å²) in [5.74, 6) is 0. The molecule has 0 unspecified atom stereocenters. The monoisotopic (exact) mass is 274 g/mol. The second kappa shape index (κ2) is 7.44. The van der Waals surface area contributed by atoms with Crippen LogP contribution in [0, 0.1) is 6.92 Å². The van der Waals surface area contributed by atoms with Gasteiger partial charge in [0.05, 0.1) is 0 Å². The Morgan fingerprint density at radius 3 is 1.81 bits per heavy atom. The quantitative estimate of drug-likeness (QED) is 0.510. The van der Waals surface area contributed by atoms with Crippen LogP contribution in [0.25, 0.3) is 22.3 Å². The third kappa shape index (κ3) is 3.61. The molecule has 0 aliphatic rings. The van der Waals surface area contributed by atoms with Gasteiger partial charge in [-0.1, -0.05) is 86.6 Å². The highest BCUT2D eigenvalue weighted by atomic mass is 14.1. The van der Waals surface area contributed by atoms with Crippen molar-refractivity contribution in [2.75, 3.05) is 0 Å². The van der Waals surface area contributed by atoms with E-state index in [1.807, 2.05) is 13.8 Å². The van der Waals surface area contributed by atoms with Crippen LogP contribution in [0.5, 0.6) is 0 Å². The molecule has 0 atom stereocenters. The van der Waals surface area contributed by atoms with Gasteiger partial charge in [-0.2, -0.15) is 0 Å². The highest BCUT2D eigenvalue weighted by molar-refractivity contribution is 5.74. The van der Waals surface area contributed by atoms with Gasteiger partial charge in [-0.25, -0.2) is 0 Å². The van der Waals surface area contributed by atoms with E-state index in [-0.39, 0.29) is 0 Å². The molecule has 0 amide bonds. The van der Waals surface area contributed by atoms with Gasteiger partial charge in [-0.15, -0.1) is 0 Å². The highest BCUT2D eigenvalue weighted by Gasteiger charge is 2.03. The van der Waals surface area contributed by atoms with Crippen LogP contribution < -0.4 is 0 Å². The van der Waals surface area contributed by atoms with Crippen LogP contribution in [0.4, 0.5) is 0 Å². The molecule has 0 saturated heterocycles. The van der Waals surface area contributed by atoms with Crippen molar-refractivity contribution in [1.82, 2.24) is 0 Å². The van der Waals surface area contributed by atoms with Crippen molar-refractivity contribution in [3.05, 3.63) is 84.4 Å². The van der Waals surface area contributed by atoms with Gasteiger partial charge in [-0.3, -0.25) is 0 Å². The maximum atomic E-state index is 2.26. The molecule has 3 aromatic carbocycles. The molecule has 106 valence electrons. The zero-order valence-corrected chi connectivity index (χ0v) is 13.0. The average molecular weight is 274 g/mol. The standard InChI is InChI=1S/C19H16.C2H6/c1-15-8-5-6-13-19(15)18-12-7-11-17(14-18)16-9-3-2-4-10-16;1-2/h2-14H,1H3;1-2H3. The Labute approximate surface area is 128 Å². The van der Waals surface area contributed by atoms with E-state index in [4.69, 9.17) is 0 Å². The third-order valence-corrected chi connectivity index (χ3v) is 3.43. The minimum Gasteiger partial charge on any atom is -0.0683 e. The van der Waals surface area contributed by atoms with Crippen molar-refractivity contribution in [2.45, 2.75) is 20.8 Å². The number of hydrogen-bond acceptors (Lipinski definition) is 0. The van der Waals surface area contributed by atoms with E-state index in [2.05, 4.69) is 85.8 Å². The maximum Gasteiger partial charge on any atom is -0.0155 e. The summed E-state index contributed by atoms with van der Waals surface area (Å²) in [6.07, 6.45) is 0. The molecule has 3 aromatic rings. The third-order valence-electron chi connectivity index (χ3n) is 3.43. The lowest BCUT2D eigenvalue weighted by atomic mass is 9.96. The molecular weight excluding hydrogens is 252 g/mol. The van der Waals surface area contributed by atoms with Crippen LogP contribution in [0.15, 0.2) is 78.9 Å². The summed E-state index contributed by atoms with van der Waals surface area (Å²) in [5.41, 5.74) is 6.42. The van der Waals surface area contributed by atoms with E-state index in [0.717, 1.165) is 0 Å². The van der Waals surface area contributed by atoms with Crippen LogP contribution in [0.1, 0.15) is 19.4 Å². The van der Waals surface area contributed by atoms with E-state index < -0.39 is 0 Å². The molecule has 0 aliphatic carbocycles. The van der Waals surface area contributed by atoms with Crippen LogP contribution in [0.3, 0.4) is 0 Å². The molecule has 0 saturated carbocycles. The summed E-state index contributed by atoms with van der Waals surface area (Å²) in [7, 11) is 0. The Balaban J connectivity index is 0.000000774. The summed E-state index contributed by atoms with van der Waals surface area (Å²) in [5, 5.41) is 0. The van der Waals surface area contributed by atoms with Gasteiger partial charge >= 0.3 is 0 Å². The van der Waals surface area contributed by atoms with Gasteiger partial charge < -0.3 is 0 Å². The summed E-state index contributed by atoms with van der Waals surface area (Å²) in [6, 6.07) is 27.8. The van der Waals surface area contributed by atoms with Gasteiger partial charge in [-0.05, 0) is 40.8 Å². The van der Waals surface area contributed by atoms with Gasteiger partial charge in [0.25, 0.3) is 0 Å². The molecule has 0 aliphatic heterocycles. The Kier molecular flexibility index (Phi) is 5.34. The predicted molar refractivity (Wildman–Crippen MR) is 93.4 cm³/mol. The van der Waals surface area contributed by atoms with Gasteiger partial charge in [0, 0.05) is 0 Å². The molecule has 0 bridgehead atoms. The Hall–Kier alpha value is -2.34. The lowest BCUT2D eigenvalue weighted by molar-refractivity contribution is 1.46. The molecule has 0 heterocycles. The van der Waals surface area contributed by atoms with Crippen molar-refractivity contribution >= 4 is 0 Å². The molecule has 0 radical (unpaired) electrons. The summed E-state index contributed by atoms with van der Waals surface area (Å²) in [4.78, 5) is 0. The molecule has 0 nitrogen and oxygen atoms in total. The summed E-state index contributed by atoms with van der Waals surface area (Å²) >= 11 is 0. The van der Waals surface area contributed by atoms with E-state index >= 15 is 0 Å². The van der Waals surface area contributed by atoms with Crippen LogP contribution >= 0.6 is 0 Å². The first-order valence-corrected chi connectivity index (χ1v) is 7.56. The Bertz CT molecular complexity index is 681. The van der Waals surface area contributed by atoms with Crippen molar-refractivity contribution in [3.8, 4) is 22.3 Å². The van der Waals surface area contributed by atoms with Crippen LogP contribution in [-0.2, 0) is 0 Å². The maximum absolute atomic E-state index is 2.26. The number of rotatable bonds is 2. The Morgan fingerprint density at radius 1 is 0.524 bits per heavy atom. The Morgan fingerprint density at radius 2 is 1.10 bits per heavy atom. The van der Waals surface area contributed by atoms with Crippen molar-refractivity contribution < 1.29 is 0 Å². The molecule has 0 heteroatoms. The average Bonchev–Trinajstić information content (AvgIpc) is 2.58. The lowest BCUT2D eigenvalue weighted by Gasteiger charge is -2.08. The van der Waals surface area contributed by atoms with Crippen LogP contribution in [-0.4, -0.2) is 0 Å². The van der Waals surface area contributed by atoms with Gasteiger partial charge in [0.15, 0.2) is 0 Å². The zero-order valence-electron chi connectivity index (χ0n) is 13.0.